The quantitative estimate of drug-likeness (QED) is 0.767. The van der Waals surface area contributed by atoms with E-state index in [4.69, 9.17) is 5.11 Å². The molecule has 1 amide bonds. The van der Waals surface area contributed by atoms with E-state index in [1.807, 2.05) is 0 Å². The number of benzene rings is 1. The average molecular weight is 392 g/mol. The number of carbonyl (C=O) groups is 2. The van der Waals surface area contributed by atoms with Crippen molar-refractivity contribution < 1.29 is 23.1 Å². The minimum Gasteiger partial charge on any atom is -0.481 e. The molecule has 1 heterocycles. The number of carboxylic acid groups (broad SMARTS) is 1. The molecular formula is C19H24N2O5S. The zero-order chi connectivity index (χ0) is 19.2. The maximum absolute atomic E-state index is 12.8. The molecule has 27 heavy (non-hydrogen) atoms. The molecule has 3 fully saturated rings. The summed E-state index contributed by atoms with van der Waals surface area (Å²) in [5.41, 5.74) is 0.214. The van der Waals surface area contributed by atoms with Crippen LogP contribution in [0, 0.1) is 17.3 Å². The van der Waals surface area contributed by atoms with Crippen molar-refractivity contribution in [2.24, 2.45) is 17.3 Å². The van der Waals surface area contributed by atoms with E-state index in [0.29, 0.717) is 50.4 Å². The number of carbonyl (C=O) groups excluding carboxylic acids is 1. The van der Waals surface area contributed by atoms with Gasteiger partial charge in [0, 0.05) is 25.2 Å². The van der Waals surface area contributed by atoms with E-state index in [-0.39, 0.29) is 22.1 Å². The van der Waals surface area contributed by atoms with E-state index >= 15 is 0 Å². The van der Waals surface area contributed by atoms with Crippen molar-refractivity contribution in [3.63, 3.8) is 0 Å². The third kappa shape index (κ3) is 3.73. The lowest BCUT2D eigenvalue weighted by Gasteiger charge is -2.32. The summed E-state index contributed by atoms with van der Waals surface area (Å²) in [4.78, 5) is 25.8. The molecule has 0 radical (unpaired) electrons. The monoisotopic (exact) mass is 392 g/mol. The second kappa shape index (κ2) is 6.60. The highest BCUT2D eigenvalue weighted by molar-refractivity contribution is 7.89. The van der Waals surface area contributed by atoms with Crippen LogP contribution >= 0.6 is 0 Å². The first-order valence-electron chi connectivity index (χ1n) is 9.43. The van der Waals surface area contributed by atoms with Crippen molar-refractivity contribution in [1.29, 1.82) is 0 Å². The van der Waals surface area contributed by atoms with Crippen LogP contribution in [0.5, 0.6) is 0 Å². The highest BCUT2D eigenvalue weighted by Crippen LogP contribution is 2.59. The highest BCUT2D eigenvalue weighted by atomic mass is 32.2. The number of carboxylic acids is 1. The Morgan fingerprint density at radius 2 is 1.93 bits per heavy atom. The Morgan fingerprint density at radius 1 is 1.22 bits per heavy atom. The van der Waals surface area contributed by atoms with Crippen LogP contribution in [0.25, 0.3) is 0 Å². The molecule has 1 atom stereocenters. The molecule has 2 N–H and O–H groups in total. The molecule has 2 saturated carbocycles. The molecule has 1 spiro atoms. The number of sulfonamides is 1. The summed E-state index contributed by atoms with van der Waals surface area (Å²) in [7, 11) is -3.61. The number of amides is 1. The second-order valence-corrected chi connectivity index (χ2v) is 9.84. The van der Waals surface area contributed by atoms with Crippen molar-refractivity contribution in [3.8, 4) is 0 Å². The topological polar surface area (TPSA) is 104 Å². The first-order chi connectivity index (χ1) is 12.8. The van der Waals surface area contributed by atoms with E-state index in [1.54, 1.807) is 17.0 Å². The Bertz CT molecular complexity index is 870. The molecule has 1 unspecified atom stereocenters. The van der Waals surface area contributed by atoms with Gasteiger partial charge in [-0.15, -0.1) is 0 Å². The molecule has 8 heteroatoms. The van der Waals surface area contributed by atoms with Gasteiger partial charge in [0.25, 0.3) is 5.91 Å². The van der Waals surface area contributed by atoms with Gasteiger partial charge in [-0.25, -0.2) is 13.1 Å². The fourth-order valence-electron chi connectivity index (χ4n) is 4.02. The van der Waals surface area contributed by atoms with Crippen LogP contribution in [-0.2, 0) is 14.8 Å². The van der Waals surface area contributed by atoms with Crippen LogP contribution in [0.3, 0.4) is 0 Å². The van der Waals surface area contributed by atoms with Gasteiger partial charge >= 0.3 is 5.97 Å². The van der Waals surface area contributed by atoms with Gasteiger partial charge in [0.15, 0.2) is 0 Å². The highest BCUT2D eigenvalue weighted by Gasteiger charge is 2.59. The largest absolute Gasteiger partial charge is 0.481 e. The zero-order valence-corrected chi connectivity index (χ0v) is 15.9. The molecule has 1 aromatic carbocycles. The summed E-state index contributed by atoms with van der Waals surface area (Å²) in [5.74, 6) is -0.786. The lowest BCUT2D eigenvalue weighted by Crippen LogP contribution is -2.40. The van der Waals surface area contributed by atoms with Crippen molar-refractivity contribution in [1.82, 2.24) is 9.62 Å². The van der Waals surface area contributed by atoms with Gasteiger partial charge < -0.3 is 10.0 Å². The third-order valence-electron chi connectivity index (χ3n) is 6.18. The van der Waals surface area contributed by atoms with Crippen molar-refractivity contribution in [3.05, 3.63) is 29.8 Å². The Kier molecular flexibility index (Phi) is 4.50. The minimum absolute atomic E-state index is 0.107. The number of aliphatic carboxylic acids is 1. The lowest BCUT2D eigenvalue weighted by atomic mass is 9.90. The van der Waals surface area contributed by atoms with Gasteiger partial charge in [-0.2, -0.15) is 0 Å². The van der Waals surface area contributed by atoms with Crippen LogP contribution in [0.2, 0.25) is 0 Å². The zero-order valence-electron chi connectivity index (χ0n) is 15.1. The van der Waals surface area contributed by atoms with Crippen LogP contribution in [0.1, 0.15) is 42.5 Å². The molecule has 2 aliphatic carbocycles. The van der Waals surface area contributed by atoms with Gasteiger partial charge in [0.2, 0.25) is 10.0 Å². The Morgan fingerprint density at radius 3 is 2.52 bits per heavy atom. The Hall–Kier alpha value is -1.93. The van der Waals surface area contributed by atoms with Crippen molar-refractivity contribution in [2.45, 2.75) is 37.0 Å². The summed E-state index contributed by atoms with van der Waals surface area (Å²) >= 11 is 0. The van der Waals surface area contributed by atoms with Gasteiger partial charge in [0.1, 0.15) is 0 Å². The Labute approximate surface area is 158 Å². The summed E-state index contributed by atoms with van der Waals surface area (Å²) in [6, 6.07) is 6.15. The maximum Gasteiger partial charge on any atom is 0.307 e. The standard InChI is InChI=1S/C19H24N2O5S/c22-17(21-8-6-19(7-9-21)11-16(19)18(23)24)14-2-1-3-15(10-14)27(25,26)20-12-13-4-5-13/h1-3,10,13,16,20H,4-9,11-12H2,(H,23,24). The average Bonchev–Trinajstić information content (AvgIpc) is 3.57. The molecule has 146 valence electrons. The summed E-state index contributed by atoms with van der Waals surface area (Å²) in [6.07, 6.45) is 4.19. The first kappa shape index (κ1) is 18.4. The van der Waals surface area contributed by atoms with Gasteiger partial charge in [-0.3, -0.25) is 9.59 Å². The molecule has 0 aromatic heterocycles. The summed E-state index contributed by atoms with van der Waals surface area (Å²) < 4.78 is 27.4. The lowest BCUT2D eigenvalue weighted by molar-refractivity contribution is -0.139. The molecule has 1 aliphatic heterocycles. The number of nitrogens with zero attached hydrogens (tertiary/aromatic N) is 1. The van der Waals surface area contributed by atoms with Gasteiger partial charge in [-0.05, 0) is 61.6 Å². The normalized spacial score (nSPS) is 24.0. The number of rotatable bonds is 6. The fourth-order valence-corrected chi connectivity index (χ4v) is 5.18. The van der Waals surface area contributed by atoms with Crippen molar-refractivity contribution >= 4 is 21.9 Å². The molecule has 1 saturated heterocycles. The van der Waals surface area contributed by atoms with E-state index in [9.17, 15) is 18.0 Å². The van der Waals surface area contributed by atoms with Crippen molar-refractivity contribution in [2.75, 3.05) is 19.6 Å². The fraction of sp³-hybridized carbons (Fsp3) is 0.579. The summed E-state index contributed by atoms with van der Waals surface area (Å²) in [5, 5.41) is 9.17. The number of hydrogen-bond acceptors (Lipinski definition) is 4. The van der Waals surface area contributed by atoms with E-state index in [1.165, 1.54) is 12.1 Å². The van der Waals surface area contributed by atoms with Gasteiger partial charge in [0.05, 0.1) is 10.8 Å². The third-order valence-corrected chi connectivity index (χ3v) is 7.61. The predicted octanol–water partition coefficient (Wildman–Crippen LogP) is 1.70. The second-order valence-electron chi connectivity index (χ2n) is 8.07. The maximum atomic E-state index is 12.8. The Balaban J connectivity index is 1.41. The number of nitrogens with one attached hydrogen (secondary N) is 1. The number of likely N-dealkylation sites (tertiary alicyclic amines) is 1. The molecular weight excluding hydrogens is 368 g/mol. The van der Waals surface area contributed by atoms with E-state index < -0.39 is 16.0 Å². The minimum atomic E-state index is -3.61. The van der Waals surface area contributed by atoms with Crippen LogP contribution < -0.4 is 4.72 Å². The SMILES string of the molecule is O=C(O)C1CC12CCN(C(=O)c1cccc(S(=O)(=O)NCC3CC3)c1)CC2. The van der Waals surface area contributed by atoms with E-state index in [2.05, 4.69) is 4.72 Å². The molecule has 0 bridgehead atoms. The van der Waals surface area contributed by atoms with E-state index in [0.717, 1.165) is 12.8 Å². The number of piperidine rings is 1. The van der Waals surface area contributed by atoms with Crippen LogP contribution in [0.4, 0.5) is 0 Å². The molecule has 4 rings (SSSR count). The number of hydrogen-bond donors (Lipinski definition) is 2. The van der Waals surface area contributed by atoms with Crippen LogP contribution in [0.15, 0.2) is 29.2 Å². The molecule has 1 aromatic rings. The first-order valence-corrected chi connectivity index (χ1v) is 10.9. The molecule has 3 aliphatic rings. The predicted molar refractivity (Wildman–Crippen MR) is 97.7 cm³/mol. The van der Waals surface area contributed by atoms with Gasteiger partial charge in [-0.1, -0.05) is 6.07 Å². The smallest absolute Gasteiger partial charge is 0.307 e. The molecule has 7 nitrogen and oxygen atoms in total. The summed E-state index contributed by atoms with van der Waals surface area (Å²) in [6.45, 7) is 1.47. The van der Waals surface area contributed by atoms with Crippen LogP contribution in [-0.4, -0.2) is 49.9 Å².